The molecule has 4 rings (SSSR count). The number of carbonyl (C=O) groups excluding carboxylic acids is 1. The quantitative estimate of drug-likeness (QED) is 0.0756. The molecule has 302 valence electrons. The van der Waals surface area contributed by atoms with E-state index in [4.69, 9.17) is 42.9 Å². The molecule has 14 nitrogen and oxygen atoms in total. The third kappa shape index (κ3) is 14.7. The molecule has 0 unspecified atom stereocenters. The predicted molar refractivity (Wildman–Crippen MR) is 213 cm³/mol. The fourth-order valence-corrected chi connectivity index (χ4v) is 7.64. The van der Waals surface area contributed by atoms with Crippen LogP contribution in [0.4, 0.5) is 20.2 Å². The Hall–Kier alpha value is -4.21. The first-order chi connectivity index (χ1) is 26.0. The molecule has 0 saturated carbocycles. The SMILES string of the molecule is CS(=O)(=O)Nc1cccc(COc2c(Br)cc(C(=O)NCC(=O)O)cc2Br)c1F.CS(=O)(=O)Nc1cccc(COc2c(Cl)cc(CCC(=O)O)cc2Cl)c1F. The van der Waals surface area contributed by atoms with Crippen molar-refractivity contribution in [2.75, 3.05) is 28.5 Å². The fraction of sp³-hybridized carbons (Fsp3) is 0.206. The van der Waals surface area contributed by atoms with Crippen LogP contribution in [0.15, 0.2) is 69.6 Å². The molecule has 4 aromatic carbocycles. The number of amides is 1. The van der Waals surface area contributed by atoms with E-state index >= 15 is 0 Å². The molecule has 56 heavy (non-hydrogen) atoms. The topological polar surface area (TPSA) is 214 Å². The Morgan fingerprint density at radius 2 is 1.18 bits per heavy atom. The number of carboxylic acid groups (broad SMARTS) is 2. The zero-order valence-corrected chi connectivity index (χ0v) is 35.3. The average molecular weight is 990 g/mol. The van der Waals surface area contributed by atoms with Crippen LogP contribution in [0.25, 0.3) is 0 Å². The minimum absolute atomic E-state index is 0.0712. The highest BCUT2D eigenvalue weighted by atomic mass is 79.9. The predicted octanol–water partition coefficient (Wildman–Crippen LogP) is 7.22. The molecule has 0 saturated heterocycles. The first-order valence-corrected chi connectivity index (χ1v) is 21.6. The third-order valence-corrected chi connectivity index (χ3v) is 9.76. The molecule has 0 bridgehead atoms. The van der Waals surface area contributed by atoms with E-state index < -0.39 is 56.1 Å². The number of nitrogens with one attached hydrogen (secondary N) is 3. The van der Waals surface area contributed by atoms with Crippen LogP contribution in [0, 0.1) is 11.6 Å². The van der Waals surface area contributed by atoms with Crippen LogP contribution in [0.3, 0.4) is 0 Å². The smallest absolute Gasteiger partial charge is 0.322 e. The summed E-state index contributed by atoms with van der Waals surface area (Å²) in [7, 11) is -7.27. The standard InChI is InChI=1S/C17H15Br2FN2O6S.C17H16Cl2FNO5S/c1-29(26,27)22-13-4-2-3-9(15(13)20)8-28-16-11(18)5-10(6-12(16)19)17(25)21-7-14(23)24;1-27(24,25)21-14-4-2-3-11(16(14)20)9-26-17-12(18)7-10(8-13(17)19)5-6-15(22)23/h2-6,22H,7-8H2,1H3,(H,21,25)(H,23,24);2-4,7-8,21H,5-6,9H2,1H3,(H,22,23). The summed E-state index contributed by atoms with van der Waals surface area (Å²) in [5, 5.41) is 19.9. The van der Waals surface area contributed by atoms with Gasteiger partial charge >= 0.3 is 11.9 Å². The Morgan fingerprint density at radius 1 is 0.732 bits per heavy atom. The molecular weight excluding hydrogens is 959 g/mol. The van der Waals surface area contributed by atoms with Crippen molar-refractivity contribution in [1.82, 2.24) is 5.32 Å². The first-order valence-electron chi connectivity index (χ1n) is 15.5. The van der Waals surface area contributed by atoms with E-state index in [1.807, 2.05) is 0 Å². The first kappa shape index (κ1) is 46.2. The lowest BCUT2D eigenvalue weighted by Gasteiger charge is -2.14. The van der Waals surface area contributed by atoms with Gasteiger partial charge in [-0.15, -0.1) is 0 Å². The average Bonchev–Trinajstić information content (AvgIpc) is 3.07. The van der Waals surface area contributed by atoms with E-state index in [0.717, 1.165) is 12.5 Å². The van der Waals surface area contributed by atoms with E-state index in [1.54, 1.807) is 0 Å². The highest BCUT2D eigenvalue weighted by molar-refractivity contribution is 9.11. The van der Waals surface area contributed by atoms with Crippen LogP contribution >= 0.6 is 55.1 Å². The van der Waals surface area contributed by atoms with Gasteiger partial charge in [0.15, 0.2) is 17.4 Å². The summed E-state index contributed by atoms with van der Waals surface area (Å²) in [6.45, 7) is -0.977. The Bertz CT molecular complexity index is 2310. The monoisotopic (exact) mass is 987 g/mol. The van der Waals surface area contributed by atoms with Crippen LogP contribution in [-0.2, 0) is 49.3 Å². The maximum absolute atomic E-state index is 14.5. The number of sulfonamides is 2. The van der Waals surface area contributed by atoms with E-state index in [-0.39, 0.29) is 75.7 Å². The molecule has 22 heteroatoms. The van der Waals surface area contributed by atoms with Gasteiger partial charge in [-0.1, -0.05) is 47.5 Å². The molecule has 4 aromatic rings. The molecule has 0 heterocycles. The van der Waals surface area contributed by atoms with Crippen molar-refractivity contribution in [2.45, 2.75) is 26.1 Å². The Labute approximate surface area is 346 Å². The lowest BCUT2D eigenvalue weighted by atomic mass is 10.1. The molecule has 5 N–H and O–H groups in total. The van der Waals surface area contributed by atoms with Crippen molar-refractivity contribution in [3.05, 3.63) is 114 Å². The molecule has 0 aliphatic heterocycles. The summed E-state index contributed by atoms with van der Waals surface area (Å²) >= 11 is 18.8. The Balaban J connectivity index is 0.000000301. The van der Waals surface area contributed by atoms with Crippen molar-refractivity contribution in [3.8, 4) is 11.5 Å². The zero-order valence-electron chi connectivity index (χ0n) is 29.0. The molecule has 0 fully saturated rings. The number of benzene rings is 4. The Kier molecular flexibility index (Phi) is 16.7. The van der Waals surface area contributed by atoms with Crippen LogP contribution < -0.4 is 24.2 Å². The summed E-state index contributed by atoms with van der Waals surface area (Å²) in [5.74, 6) is -3.85. The fourth-order valence-electron chi connectivity index (χ4n) is 4.47. The maximum atomic E-state index is 14.5. The number of rotatable bonds is 16. The van der Waals surface area contributed by atoms with Gasteiger partial charge < -0.3 is 25.0 Å². The van der Waals surface area contributed by atoms with E-state index in [9.17, 15) is 40.0 Å². The van der Waals surface area contributed by atoms with E-state index in [1.165, 1.54) is 60.7 Å². The van der Waals surface area contributed by atoms with Crippen molar-refractivity contribution in [1.29, 1.82) is 0 Å². The number of aryl methyl sites for hydroxylation is 1. The number of hydrogen-bond acceptors (Lipinski definition) is 9. The summed E-state index contributed by atoms with van der Waals surface area (Å²) in [6.07, 6.45) is 2.01. The number of anilines is 2. The van der Waals surface area contributed by atoms with Crippen molar-refractivity contribution < 1.29 is 59.7 Å². The number of hydrogen-bond donors (Lipinski definition) is 5. The molecule has 1 amide bonds. The van der Waals surface area contributed by atoms with Crippen LogP contribution in [0.2, 0.25) is 10.0 Å². The second-order valence-electron chi connectivity index (χ2n) is 11.5. The van der Waals surface area contributed by atoms with E-state index in [2.05, 4.69) is 46.6 Å². The summed E-state index contributed by atoms with van der Waals surface area (Å²) in [6, 6.07) is 14.3. The highest BCUT2D eigenvalue weighted by Crippen LogP contribution is 2.37. The summed E-state index contributed by atoms with van der Waals surface area (Å²) in [5.41, 5.74) is 0.636. The van der Waals surface area contributed by atoms with Gasteiger partial charge in [0.05, 0.1) is 42.9 Å². The van der Waals surface area contributed by atoms with Gasteiger partial charge in [0, 0.05) is 23.1 Å². The van der Waals surface area contributed by atoms with Gasteiger partial charge in [-0.2, -0.15) is 0 Å². The van der Waals surface area contributed by atoms with Crippen molar-refractivity contribution in [2.24, 2.45) is 0 Å². The summed E-state index contributed by atoms with van der Waals surface area (Å²) in [4.78, 5) is 33.2. The molecule has 0 aliphatic carbocycles. The van der Waals surface area contributed by atoms with Crippen LogP contribution in [-0.4, -0.2) is 64.0 Å². The van der Waals surface area contributed by atoms with Crippen LogP contribution in [0.5, 0.6) is 11.5 Å². The minimum atomic E-state index is -3.64. The number of carboxylic acids is 2. The summed E-state index contributed by atoms with van der Waals surface area (Å²) < 4.78 is 90.1. The van der Waals surface area contributed by atoms with Gasteiger partial charge in [0.25, 0.3) is 5.91 Å². The third-order valence-electron chi connectivity index (χ3n) is 6.84. The molecule has 0 atom stereocenters. The molecule has 0 spiro atoms. The normalized spacial score (nSPS) is 11.1. The van der Waals surface area contributed by atoms with Gasteiger partial charge in [-0.25, -0.2) is 25.6 Å². The molecule has 0 radical (unpaired) electrons. The number of carbonyl (C=O) groups is 3. The lowest BCUT2D eigenvalue weighted by molar-refractivity contribution is -0.137. The van der Waals surface area contributed by atoms with E-state index in [0.29, 0.717) is 14.5 Å². The molecule has 0 aliphatic rings. The second-order valence-corrected chi connectivity index (χ2v) is 17.5. The van der Waals surface area contributed by atoms with Gasteiger partial charge in [-0.05, 0) is 80.2 Å². The maximum Gasteiger partial charge on any atom is 0.322 e. The van der Waals surface area contributed by atoms with Gasteiger partial charge in [0.1, 0.15) is 25.5 Å². The largest absolute Gasteiger partial charge is 0.486 e. The number of halogens is 6. The molecule has 0 aromatic heterocycles. The molecular formula is C34H31Br2Cl2F2N3O11S2. The second kappa shape index (κ2) is 20.3. The zero-order chi connectivity index (χ0) is 42.0. The number of ether oxygens (including phenoxy) is 2. The number of aliphatic carboxylic acids is 2. The highest BCUT2D eigenvalue weighted by Gasteiger charge is 2.18. The van der Waals surface area contributed by atoms with Crippen molar-refractivity contribution >= 4 is 104 Å². The van der Waals surface area contributed by atoms with Gasteiger partial charge in [-0.3, -0.25) is 23.8 Å². The van der Waals surface area contributed by atoms with Crippen molar-refractivity contribution in [3.63, 3.8) is 0 Å². The Morgan fingerprint density at radius 3 is 1.59 bits per heavy atom. The van der Waals surface area contributed by atoms with Crippen LogP contribution in [0.1, 0.15) is 33.5 Å². The lowest BCUT2D eigenvalue weighted by Crippen LogP contribution is -2.29. The minimum Gasteiger partial charge on any atom is -0.486 e. The van der Waals surface area contributed by atoms with Gasteiger partial charge in [0.2, 0.25) is 20.0 Å².